The Morgan fingerprint density at radius 1 is 1.47 bits per heavy atom. The van der Waals surface area contributed by atoms with E-state index in [-0.39, 0.29) is 5.75 Å². The van der Waals surface area contributed by atoms with Gasteiger partial charge in [0.2, 0.25) is 0 Å². The van der Waals surface area contributed by atoms with Crippen LogP contribution in [0.1, 0.15) is 19.7 Å². The molecule has 15 heavy (non-hydrogen) atoms. The summed E-state index contributed by atoms with van der Waals surface area (Å²) >= 11 is 0. The summed E-state index contributed by atoms with van der Waals surface area (Å²) in [4.78, 5) is 4.22. The minimum atomic E-state index is 0.166. The molecule has 1 N–H and O–H groups in total. The molecule has 0 bridgehead atoms. The van der Waals surface area contributed by atoms with Crippen molar-refractivity contribution in [2.24, 2.45) is 0 Å². The van der Waals surface area contributed by atoms with Crippen LogP contribution in [0.2, 0.25) is 0 Å². The van der Waals surface area contributed by atoms with Gasteiger partial charge in [-0.2, -0.15) is 0 Å². The molecule has 0 amide bonds. The van der Waals surface area contributed by atoms with Crippen LogP contribution in [0.5, 0.6) is 5.75 Å². The number of fused-ring (bicyclic) bond motifs is 1. The van der Waals surface area contributed by atoms with Gasteiger partial charge in [-0.05, 0) is 26.0 Å². The lowest BCUT2D eigenvalue weighted by Gasteiger charge is -1.87. The molecule has 1 aromatic heterocycles. The lowest BCUT2D eigenvalue weighted by molar-refractivity contribution is 0.480. The van der Waals surface area contributed by atoms with Crippen LogP contribution >= 0.6 is 0 Å². The molecule has 1 aromatic carbocycles. The Morgan fingerprint density at radius 2 is 2.27 bits per heavy atom. The number of hydrogen-bond donors (Lipinski definition) is 1. The minimum absolute atomic E-state index is 0.166. The van der Waals surface area contributed by atoms with Gasteiger partial charge in [-0.25, -0.2) is 4.98 Å². The molecule has 0 aliphatic carbocycles. The van der Waals surface area contributed by atoms with Gasteiger partial charge >= 0.3 is 0 Å². The third kappa shape index (κ3) is 2.01. The van der Waals surface area contributed by atoms with Gasteiger partial charge in [0.1, 0.15) is 5.75 Å². The first-order chi connectivity index (χ1) is 7.16. The van der Waals surface area contributed by atoms with Crippen molar-refractivity contribution in [1.82, 2.24) is 4.98 Å². The molecule has 78 valence electrons. The highest BCUT2D eigenvalue weighted by atomic mass is 16.3. The second kappa shape index (κ2) is 3.77. The normalized spacial score (nSPS) is 10.5. The first-order valence-electron chi connectivity index (χ1n) is 4.87. The van der Waals surface area contributed by atoms with Crippen LogP contribution in [-0.2, 0) is 6.42 Å². The number of allylic oxidation sites excluding steroid dienone is 2. The van der Waals surface area contributed by atoms with E-state index in [1.165, 1.54) is 5.57 Å². The van der Waals surface area contributed by atoms with E-state index in [4.69, 9.17) is 4.42 Å². The quantitative estimate of drug-likeness (QED) is 0.763. The number of benzene rings is 1. The third-order valence-corrected chi connectivity index (χ3v) is 2.13. The van der Waals surface area contributed by atoms with E-state index in [1.807, 2.05) is 19.9 Å². The van der Waals surface area contributed by atoms with Crippen LogP contribution in [0.3, 0.4) is 0 Å². The number of oxazole rings is 1. The van der Waals surface area contributed by atoms with Crippen LogP contribution < -0.4 is 0 Å². The Morgan fingerprint density at radius 3 is 2.93 bits per heavy atom. The summed E-state index contributed by atoms with van der Waals surface area (Å²) in [6.45, 7) is 4.06. The predicted molar refractivity (Wildman–Crippen MR) is 58.8 cm³/mol. The molecule has 0 spiro atoms. The lowest BCUT2D eigenvalue weighted by Crippen LogP contribution is -1.80. The summed E-state index contributed by atoms with van der Waals surface area (Å²) in [7, 11) is 0. The van der Waals surface area contributed by atoms with E-state index in [0.717, 1.165) is 0 Å². The molecule has 0 saturated heterocycles. The first kappa shape index (κ1) is 9.77. The standard InChI is InChI=1S/C12H13NO2/c1-8(2)6-7-11-13-12-9(14)4-3-5-10(12)15-11/h3-6,14H,7H2,1-2H3. The predicted octanol–water partition coefficient (Wildman–Crippen LogP) is 3.04. The summed E-state index contributed by atoms with van der Waals surface area (Å²) in [6, 6.07) is 5.15. The van der Waals surface area contributed by atoms with Gasteiger partial charge in [-0.15, -0.1) is 0 Å². The maximum absolute atomic E-state index is 9.52. The SMILES string of the molecule is CC(C)=CCc1nc2c(O)cccc2o1. The highest BCUT2D eigenvalue weighted by molar-refractivity contribution is 5.79. The summed E-state index contributed by atoms with van der Waals surface area (Å²) in [5.74, 6) is 0.799. The number of hydrogen-bond acceptors (Lipinski definition) is 3. The van der Waals surface area contributed by atoms with E-state index in [0.29, 0.717) is 23.4 Å². The zero-order chi connectivity index (χ0) is 10.8. The Labute approximate surface area is 88.1 Å². The van der Waals surface area contributed by atoms with Gasteiger partial charge in [0.05, 0.1) is 0 Å². The monoisotopic (exact) mass is 203 g/mol. The fourth-order valence-corrected chi connectivity index (χ4v) is 1.36. The number of phenols is 1. The van der Waals surface area contributed by atoms with Gasteiger partial charge in [0.25, 0.3) is 0 Å². The van der Waals surface area contributed by atoms with Crippen molar-refractivity contribution in [1.29, 1.82) is 0 Å². The highest BCUT2D eigenvalue weighted by Crippen LogP contribution is 2.24. The number of phenolic OH excluding ortho intramolecular Hbond substituents is 1. The molecule has 3 nitrogen and oxygen atoms in total. The number of para-hydroxylation sites is 1. The van der Waals surface area contributed by atoms with Crippen LogP contribution in [0.25, 0.3) is 11.1 Å². The van der Waals surface area contributed by atoms with Gasteiger partial charge in [0.15, 0.2) is 17.0 Å². The summed E-state index contributed by atoms with van der Waals surface area (Å²) in [5.41, 5.74) is 2.39. The number of aromatic hydroxyl groups is 1. The second-order valence-corrected chi connectivity index (χ2v) is 3.72. The van der Waals surface area contributed by atoms with Crippen molar-refractivity contribution in [2.45, 2.75) is 20.3 Å². The zero-order valence-electron chi connectivity index (χ0n) is 8.82. The van der Waals surface area contributed by atoms with E-state index < -0.39 is 0 Å². The zero-order valence-corrected chi connectivity index (χ0v) is 8.82. The summed E-state index contributed by atoms with van der Waals surface area (Å²) in [5, 5.41) is 9.52. The van der Waals surface area contributed by atoms with Crippen molar-refractivity contribution in [3.05, 3.63) is 35.7 Å². The Balaban J connectivity index is 2.39. The average Bonchev–Trinajstić information content (AvgIpc) is 2.59. The van der Waals surface area contributed by atoms with Crippen molar-refractivity contribution in [3.63, 3.8) is 0 Å². The highest BCUT2D eigenvalue weighted by Gasteiger charge is 2.07. The molecule has 0 fully saturated rings. The van der Waals surface area contributed by atoms with E-state index in [2.05, 4.69) is 4.98 Å². The van der Waals surface area contributed by atoms with Gasteiger partial charge in [-0.1, -0.05) is 17.7 Å². The molecule has 2 rings (SSSR count). The van der Waals surface area contributed by atoms with Gasteiger partial charge in [-0.3, -0.25) is 0 Å². The smallest absolute Gasteiger partial charge is 0.199 e. The van der Waals surface area contributed by atoms with Crippen LogP contribution in [0, 0.1) is 0 Å². The lowest BCUT2D eigenvalue weighted by atomic mass is 10.3. The largest absolute Gasteiger partial charge is 0.506 e. The van der Waals surface area contributed by atoms with Crippen LogP contribution in [-0.4, -0.2) is 10.1 Å². The van der Waals surface area contributed by atoms with Crippen molar-refractivity contribution in [2.75, 3.05) is 0 Å². The van der Waals surface area contributed by atoms with Crippen molar-refractivity contribution in [3.8, 4) is 5.75 Å². The number of nitrogens with zero attached hydrogens (tertiary/aromatic N) is 1. The second-order valence-electron chi connectivity index (χ2n) is 3.72. The summed E-state index contributed by atoms with van der Waals surface area (Å²) < 4.78 is 5.48. The first-order valence-corrected chi connectivity index (χ1v) is 4.87. The molecule has 1 heterocycles. The minimum Gasteiger partial charge on any atom is -0.506 e. The van der Waals surface area contributed by atoms with E-state index in [9.17, 15) is 5.11 Å². The van der Waals surface area contributed by atoms with Gasteiger partial charge in [0, 0.05) is 6.42 Å². The molecule has 0 saturated carbocycles. The molecule has 0 unspecified atom stereocenters. The molecule has 3 heteroatoms. The molecule has 0 aliphatic heterocycles. The number of rotatable bonds is 2. The fourth-order valence-electron chi connectivity index (χ4n) is 1.36. The van der Waals surface area contributed by atoms with Crippen molar-refractivity contribution < 1.29 is 9.52 Å². The van der Waals surface area contributed by atoms with E-state index >= 15 is 0 Å². The molecular weight excluding hydrogens is 190 g/mol. The fraction of sp³-hybridized carbons (Fsp3) is 0.250. The van der Waals surface area contributed by atoms with Gasteiger partial charge < -0.3 is 9.52 Å². The van der Waals surface area contributed by atoms with Crippen LogP contribution in [0.4, 0.5) is 0 Å². The molecule has 0 aliphatic rings. The molecular formula is C12H13NO2. The molecule has 2 aromatic rings. The van der Waals surface area contributed by atoms with Crippen molar-refractivity contribution >= 4 is 11.1 Å². The topological polar surface area (TPSA) is 46.3 Å². The average molecular weight is 203 g/mol. The van der Waals surface area contributed by atoms with E-state index in [1.54, 1.807) is 18.2 Å². The maximum Gasteiger partial charge on any atom is 0.199 e. The van der Waals surface area contributed by atoms with Crippen LogP contribution in [0.15, 0.2) is 34.3 Å². The number of aromatic nitrogens is 1. The Kier molecular flexibility index (Phi) is 2.46. The molecule has 0 atom stereocenters. The maximum atomic E-state index is 9.52. The molecule has 0 radical (unpaired) electrons. The summed E-state index contributed by atoms with van der Waals surface area (Å²) in [6.07, 6.45) is 2.71. The Hall–Kier alpha value is -1.77. The Bertz CT molecular complexity index is 507. The third-order valence-electron chi connectivity index (χ3n) is 2.13.